The second-order valence-electron chi connectivity index (χ2n) is 5.77. The van der Waals surface area contributed by atoms with Crippen molar-refractivity contribution in [3.63, 3.8) is 0 Å². The van der Waals surface area contributed by atoms with E-state index < -0.39 is 5.83 Å². The molecule has 0 aromatic carbocycles. The molecule has 1 heterocycles. The number of aliphatic hydroxyl groups is 1. The zero-order valence-electron chi connectivity index (χ0n) is 16.2. The number of halogens is 1. The molecule has 0 saturated carbocycles. The summed E-state index contributed by atoms with van der Waals surface area (Å²) in [5.74, 6) is -0.396. The third-order valence-electron chi connectivity index (χ3n) is 3.24. The molecule has 0 amide bonds. The minimum absolute atomic E-state index is 0.250. The van der Waals surface area contributed by atoms with Crippen molar-refractivity contribution in [3.8, 4) is 0 Å². The van der Waals surface area contributed by atoms with E-state index in [0.717, 1.165) is 28.4 Å². The minimum atomic E-state index is -0.396. The predicted molar refractivity (Wildman–Crippen MR) is 109 cm³/mol. The van der Waals surface area contributed by atoms with E-state index in [2.05, 4.69) is 18.1 Å². The first kappa shape index (κ1) is 23.5. The van der Waals surface area contributed by atoms with Crippen molar-refractivity contribution in [2.24, 2.45) is 5.73 Å². The summed E-state index contributed by atoms with van der Waals surface area (Å²) in [5, 5.41) is 7.57. The van der Waals surface area contributed by atoms with Crippen LogP contribution >= 0.6 is 0 Å². The molecule has 0 radical (unpaired) electrons. The van der Waals surface area contributed by atoms with Crippen LogP contribution in [0.3, 0.4) is 0 Å². The van der Waals surface area contributed by atoms with Gasteiger partial charge in [-0.2, -0.15) is 0 Å². The summed E-state index contributed by atoms with van der Waals surface area (Å²) in [6, 6.07) is 3.77. The van der Waals surface area contributed by atoms with E-state index in [-0.39, 0.29) is 6.61 Å². The molecule has 0 atom stereocenters. The Morgan fingerprint density at radius 1 is 1.31 bits per heavy atom. The summed E-state index contributed by atoms with van der Waals surface area (Å²) >= 11 is 0. The van der Waals surface area contributed by atoms with E-state index in [1.54, 1.807) is 25.4 Å². The molecule has 0 saturated heterocycles. The Bertz CT molecular complexity index is 674. The number of nitrogens with two attached hydrogens (primary N) is 1. The average molecular weight is 359 g/mol. The van der Waals surface area contributed by atoms with Crippen LogP contribution in [0.15, 0.2) is 78.6 Å². The van der Waals surface area contributed by atoms with Crippen LogP contribution in [0.25, 0.3) is 5.57 Å². The molecule has 26 heavy (non-hydrogen) atoms. The van der Waals surface area contributed by atoms with Gasteiger partial charge in [-0.25, -0.2) is 4.39 Å². The molecule has 5 heteroatoms. The fourth-order valence-corrected chi connectivity index (χ4v) is 2.06. The van der Waals surface area contributed by atoms with Crippen LogP contribution in [-0.2, 0) is 0 Å². The maximum atomic E-state index is 13.2. The summed E-state index contributed by atoms with van der Waals surface area (Å²) in [7, 11) is 3.90. The van der Waals surface area contributed by atoms with Gasteiger partial charge in [0.15, 0.2) is 0 Å². The van der Waals surface area contributed by atoms with Crippen LogP contribution in [0.5, 0.6) is 0 Å². The molecule has 0 aliphatic rings. The molecular weight excluding hydrogens is 329 g/mol. The van der Waals surface area contributed by atoms with Crippen LogP contribution in [-0.4, -0.2) is 42.2 Å². The number of nitrogens with zero attached hydrogens (tertiary/aromatic N) is 2. The quantitative estimate of drug-likeness (QED) is 0.726. The number of likely N-dealkylation sites (N-methyl/N-ethyl adjacent to an activating group) is 1. The monoisotopic (exact) mass is 359 g/mol. The zero-order valence-corrected chi connectivity index (χ0v) is 16.2. The SMILES string of the molecule is C=C/C(F)=C\C=C(/C)C(=C)/C(=C(\N)CN(C)C)c1ccncc1.CCO. The number of aromatic nitrogens is 1. The van der Waals surface area contributed by atoms with Crippen molar-refractivity contribution in [1.82, 2.24) is 9.88 Å². The standard InChI is InChI=1S/C19H24FN3.C2H6O/c1-6-17(20)8-7-14(2)15(3)19(18(21)13-23(4)5)16-9-11-22-12-10-16;1-2-3/h6-12H,1,3,13,21H2,2,4-5H3;3H,2H2,1H3/b14-7+,17-8+,19-18+;. The Balaban J connectivity index is 0.00000194. The maximum Gasteiger partial charge on any atom is 0.122 e. The van der Waals surface area contributed by atoms with E-state index in [1.807, 2.05) is 38.1 Å². The topological polar surface area (TPSA) is 62.4 Å². The molecule has 0 bridgehead atoms. The van der Waals surface area contributed by atoms with Gasteiger partial charge < -0.3 is 15.7 Å². The van der Waals surface area contributed by atoms with Crippen molar-refractivity contribution in [1.29, 1.82) is 0 Å². The molecule has 4 nitrogen and oxygen atoms in total. The van der Waals surface area contributed by atoms with Crippen LogP contribution in [0.1, 0.15) is 19.4 Å². The lowest BCUT2D eigenvalue weighted by Gasteiger charge is -2.18. The summed E-state index contributed by atoms with van der Waals surface area (Å²) in [6.45, 7) is 11.9. The highest BCUT2D eigenvalue weighted by atomic mass is 19.1. The molecule has 0 fully saturated rings. The Morgan fingerprint density at radius 2 is 1.85 bits per heavy atom. The molecule has 0 spiro atoms. The average Bonchev–Trinajstić information content (AvgIpc) is 2.60. The van der Waals surface area contributed by atoms with E-state index >= 15 is 0 Å². The van der Waals surface area contributed by atoms with E-state index in [0.29, 0.717) is 12.2 Å². The number of allylic oxidation sites excluding steroid dienone is 7. The van der Waals surface area contributed by atoms with Crippen LogP contribution < -0.4 is 5.73 Å². The van der Waals surface area contributed by atoms with Gasteiger partial charge in [0.25, 0.3) is 0 Å². The van der Waals surface area contributed by atoms with Gasteiger partial charge in [-0.3, -0.25) is 4.98 Å². The molecule has 0 unspecified atom stereocenters. The molecule has 142 valence electrons. The Morgan fingerprint density at radius 3 is 2.31 bits per heavy atom. The van der Waals surface area contributed by atoms with Gasteiger partial charge in [0.1, 0.15) is 5.83 Å². The molecule has 0 aliphatic carbocycles. The lowest BCUT2D eigenvalue weighted by atomic mass is 9.92. The molecular formula is C21H30FN3O. The highest BCUT2D eigenvalue weighted by Crippen LogP contribution is 2.29. The summed E-state index contributed by atoms with van der Waals surface area (Å²) < 4.78 is 13.2. The predicted octanol–water partition coefficient (Wildman–Crippen LogP) is 3.85. The van der Waals surface area contributed by atoms with Crippen molar-refractivity contribution >= 4 is 5.57 Å². The van der Waals surface area contributed by atoms with E-state index in [1.165, 1.54) is 6.08 Å². The zero-order chi connectivity index (χ0) is 20.1. The highest BCUT2D eigenvalue weighted by molar-refractivity contribution is 5.84. The lowest BCUT2D eigenvalue weighted by molar-refractivity contribution is 0.318. The van der Waals surface area contributed by atoms with Gasteiger partial charge in [0, 0.05) is 36.8 Å². The van der Waals surface area contributed by atoms with Crippen molar-refractivity contribution in [3.05, 3.63) is 84.1 Å². The Kier molecular flexibility index (Phi) is 11.6. The largest absolute Gasteiger partial charge is 0.400 e. The van der Waals surface area contributed by atoms with Gasteiger partial charge >= 0.3 is 0 Å². The Labute approximate surface area is 156 Å². The normalized spacial score (nSPS) is 12.9. The molecule has 1 aromatic rings. The first-order valence-electron chi connectivity index (χ1n) is 8.29. The van der Waals surface area contributed by atoms with Gasteiger partial charge in [-0.05, 0) is 68.9 Å². The maximum absolute atomic E-state index is 13.2. The van der Waals surface area contributed by atoms with Gasteiger partial charge in [0.05, 0.1) is 0 Å². The van der Waals surface area contributed by atoms with Gasteiger partial charge in [-0.15, -0.1) is 0 Å². The van der Waals surface area contributed by atoms with Crippen LogP contribution in [0, 0.1) is 0 Å². The summed E-state index contributed by atoms with van der Waals surface area (Å²) in [6.07, 6.45) is 7.61. The molecule has 0 aliphatic heterocycles. The van der Waals surface area contributed by atoms with Gasteiger partial charge in [-0.1, -0.05) is 19.2 Å². The number of rotatable bonds is 7. The number of aliphatic hydroxyl groups excluding tert-OH is 1. The fraction of sp³-hybridized carbons (Fsp3) is 0.286. The molecule has 3 N–H and O–H groups in total. The first-order valence-corrected chi connectivity index (χ1v) is 8.29. The molecule has 1 rings (SSSR count). The third-order valence-corrected chi connectivity index (χ3v) is 3.24. The van der Waals surface area contributed by atoms with Gasteiger partial charge in [0.2, 0.25) is 0 Å². The second kappa shape index (κ2) is 12.8. The smallest absolute Gasteiger partial charge is 0.122 e. The highest BCUT2D eigenvalue weighted by Gasteiger charge is 2.13. The van der Waals surface area contributed by atoms with E-state index in [4.69, 9.17) is 10.8 Å². The van der Waals surface area contributed by atoms with Crippen molar-refractivity contribution < 1.29 is 9.50 Å². The minimum Gasteiger partial charge on any atom is -0.400 e. The lowest BCUT2D eigenvalue weighted by Crippen LogP contribution is -2.21. The number of hydrogen-bond donors (Lipinski definition) is 2. The van der Waals surface area contributed by atoms with Crippen LogP contribution in [0.4, 0.5) is 4.39 Å². The number of pyridine rings is 1. The number of hydrogen-bond acceptors (Lipinski definition) is 4. The molecule has 1 aromatic heterocycles. The second-order valence-corrected chi connectivity index (χ2v) is 5.77. The summed E-state index contributed by atoms with van der Waals surface area (Å²) in [5.41, 5.74) is 10.4. The fourth-order valence-electron chi connectivity index (χ4n) is 2.06. The van der Waals surface area contributed by atoms with Crippen LogP contribution in [0.2, 0.25) is 0 Å². The van der Waals surface area contributed by atoms with Crippen molar-refractivity contribution in [2.45, 2.75) is 13.8 Å². The third kappa shape index (κ3) is 8.55. The van der Waals surface area contributed by atoms with E-state index in [9.17, 15) is 4.39 Å². The Hall–Kier alpha value is -2.50. The van der Waals surface area contributed by atoms with Crippen molar-refractivity contribution in [2.75, 3.05) is 27.2 Å². The summed E-state index contributed by atoms with van der Waals surface area (Å²) in [4.78, 5) is 6.02. The first-order chi connectivity index (χ1) is 12.3.